The fourth-order valence-corrected chi connectivity index (χ4v) is 3.36. The summed E-state index contributed by atoms with van der Waals surface area (Å²) in [6, 6.07) is 5.13. The van der Waals surface area contributed by atoms with Crippen molar-refractivity contribution in [3.05, 3.63) is 47.6 Å². The number of aryl methyl sites for hydroxylation is 1. The smallest absolute Gasteiger partial charge is 0.248 e. The number of allylic oxidation sites excluding steroid dienone is 2. The summed E-state index contributed by atoms with van der Waals surface area (Å²) in [6.07, 6.45) is 5.88. The molecule has 0 spiro atoms. The summed E-state index contributed by atoms with van der Waals surface area (Å²) < 4.78 is 10.7. The van der Waals surface area contributed by atoms with Gasteiger partial charge in [-0.2, -0.15) is 0 Å². The van der Waals surface area contributed by atoms with Crippen LogP contribution in [0.15, 0.2) is 46.1 Å². The van der Waals surface area contributed by atoms with Gasteiger partial charge >= 0.3 is 0 Å². The van der Waals surface area contributed by atoms with Crippen molar-refractivity contribution in [2.75, 3.05) is 19.0 Å². The molecule has 0 saturated heterocycles. The maximum atomic E-state index is 12.3. The van der Waals surface area contributed by atoms with Crippen molar-refractivity contribution in [1.29, 1.82) is 5.41 Å². The molecule has 2 aromatic rings. The molecule has 2 amide bonds. The van der Waals surface area contributed by atoms with Crippen LogP contribution in [0.1, 0.15) is 39.0 Å². The van der Waals surface area contributed by atoms with Gasteiger partial charge in [-0.25, -0.2) is 4.98 Å². The lowest BCUT2D eigenvalue weighted by molar-refractivity contribution is -0.121. The molecule has 0 bridgehead atoms. The highest BCUT2D eigenvalue weighted by Gasteiger charge is 2.24. The summed E-state index contributed by atoms with van der Waals surface area (Å²) in [5, 5.41) is 13.6. The van der Waals surface area contributed by atoms with Gasteiger partial charge in [0.15, 0.2) is 11.5 Å². The molecule has 1 aromatic heterocycles. The lowest BCUT2D eigenvalue weighted by Crippen LogP contribution is -2.32. The van der Waals surface area contributed by atoms with Gasteiger partial charge in [-0.1, -0.05) is 19.9 Å². The second-order valence-corrected chi connectivity index (χ2v) is 8.37. The molecule has 0 aliphatic heterocycles. The van der Waals surface area contributed by atoms with E-state index < -0.39 is 5.91 Å². The van der Waals surface area contributed by atoms with Gasteiger partial charge in [0, 0.05) is 18.7 Å². The molecule has 0 atom stereocenters. The second kappa shape index (κ2) is 9.16. The number of rotatable bonds is 7. The van der Waals surface area contributed by atoms with Gasteiger partial charge in [0.2, 0.25) is 11.8 Å². The normalized spacial score (nSPS) is 15.9. The summed E-state index contributed by atoms with van der Waals surface area (Å²) in [5.74, 6) is -0.163. The van der Waals surface area contributed by atoms with Crippen LogP contribution in [0.5, 0.6) is 0 Å². The molecule has 0 saturated carbocycles. The average molecular weight is 425 g/mol. The van der Waals surface area contributed by atoms with E-state index in [1.54, 1.807) is 25.1 Å². The molecule has 8 nitrogen and oxygen atoms in total. The number of methoxy groups -OCH3 is 1. The first kappa shape index (κ1) is 22.3. The summed E-state index contributed by atoms with van der Waals surface area (Å²) >= 11 is 0. The highest BCUT2D eigenvalue weighted by molar-refractivity contribution is 6.12. The quantitative estimate of drug-likeness (QED) is 0.354. The second-order valence-electron chi connectivity index (χ2n) is 8.37. The number of oxazole rings is 1. The number of ether oxygens (including phenoxy) is 1. The Morgan fingerprint density at radius 3 is 2.81 bits per heavy atom. The zero-order valence-corrected chi connectivity index (χ0v) is 18.3. The summed E-state index contributed by atoms with van der Waals surface area (Å²) in [4.78, 5) is 28.7. The number of hydrogen-bond acceptors (Lipinski definition) is 6. The van der Waals surface area contributed by atoms with E-state index in [0.29, 0.717) is 22.7 Å². The van der Waals surface area contributed by atoms with E-state index in [9.17, 15) is 9.59 Å². The van der Waals surface area contributed by atoms with E-state index in [0.717, 1.165) is 24.8 Å². The van der Waals surface area contributed by atoms with E-state index in [1.165, 1.54) is 13.2 Å². The fourth-order valence-electron chi connectivity index (χ4n) is 3.36. The molecule has 1 heterocycles. The molecule has 8 heteroatoms. The van der Waals surface area contributed by atoms with Crippen molar-refractivity contribution >= 4 is 34.3 Å². The van der Waals surface area contributed by atoms with Crippen LogP contribution in [0.3, 0.4) is 0 Å². The number of amides is 2. The van der Waals surface area contributed by atoms with Crippen LogP contribution >= 0.6 is 0 Å². The van der Waals surface area contributed by atoms with Gasteiger partial charge in [-0.3, -0.25) is 15.0 Å². The van der Waals surface area contributed by atoms with E-state index in [1.807, 2.05) is 6.08 Å². The SMILES string of the molecule is CO/C(=C/C(=O)NCC(=O)Nc1ccc2oc(C)nc2c1)C(=N)C1=CCC(C)(C)CC1. The molecule has 0 fully saturated rings. The number of nitrogens with one attached hydrogen (secondary N) is 3. The number of aromatic nitrogens is 1. The van der Waals surface area contributed by atoms with Gasteiger partial charge in [-0.05, 0) is 48.4 Å². The Bertz CT molecular complexity index is 1080. The van der Waals surface area contributed by atoms with Crippen LogP contribution in [0.2, 0.25) is 0 Å². The molecule has 0 radical (unpaired) electrons. The molecule has 0 unspecified atom stereocenters. The van der Waals surface area contributed by atoms with Crippen molar-refractivity contribution in [2.24, 2.45) is 5.41 Å². The molecular weight excluding hydrogens is 396 g/mol. The third-order valence-corrected chi connectivity index (χ3v) is 5.22. The number of carbonyl (C=O) groups excluding carboxylic acids is 2. The van der Waals surface area contributed by atoms with Crippen molar-refractivity contribution < 1.29 is 18.7 Å². The van der Waals surface area contributed by atoms with Gasteiger partial charge in [0.1, 0.15) is 11.3 Å². The largest absolute Gasteiger partial charge is 0.494 e. The van der Waals surface area contributed by atoms with Gasteiger partial charge in [0.05, 0.1) is 19.4 Å². The molecule has 1 aliphatic rings. The van der Waals surface area contributed by atoms with Crippen LogP contribution in [0.4, 0.5) is 5.69 Å². The molecule has 1 aromatic carbocycles. The fraction of sp³-hybridized carbons (Fsp3) is 0.391. The number of hydrogen-bond donors (Lipinski definition) is 3. The maximum absolute atomic E-state index is 12.3. The standard InChI is InChI=1S/C23H28N4O4/c1-14-26-17-11-16(5-6-18(17)31-14)27-21(29)13-25-20(28)12-19(30-4)22(24)15-7-9-23(2,3)10-8-15/h5-7,11-12,24H,8-10,13H2,1-4H3,(H,25,28)(H,27,29)/b19-12+,24-22?. The lowest BCUT2D eigenvalue weighted by Gasteiger charge is -2.28. The Hall–Kier alpha value is -3.42. The van der Waals surface area contributed by atoms with Gasteiger partial charge in [-0.15, -0.1) is 0 Å². The number of fused-ring (bicyclic) bond motifs is 1. The first-order chi connectivity index (χ1) is 14.7. The molecule has 31 heavy (non-hydrogen) atoms. The number of nitrogens with zero attached hydrogens (tertiary/aromatic N) is 1. The molecule has 164 valence electrons. The van der Waals surface area contributed by atoms with Crippen LogP contribution in [0.25, 0.3) is 11.1 Å². The van der Waals surface area contributed by atoms with Crippen LogP contribution in [-0.4, -0.2) is 36.2 Å². The molecule has 3 rings (SSSR count). The minimum absolute atomic E-state index is 0.177. The van der Waals surface area contributed by atoms with Crippen molar-refractivity contribution in [3.8, 4) is 0 Å². The lowest BCUT2D eigenvalue weighted by atomic mass is 9.77. The first-order valence-electron chi connectivity index (χ1n) is 10.2. The topological polar surface area (TPSA) is 117 Å². The molecule has 3 N–H and O–H groups in total. The minimum Gasteiger partial charge on any atom is -0.494 e. The third kappa shape index (κ3) is 5.81. The van der Waals surface area contributed by atoms with E-state index in [4.69, 9.17) is 14.6 Å². The highest BCUT2D eigenvalue weighted by atomic mass is 16.5. The van der Waals surface area contributed by atoms with Gasteiger partial charge < -0.3 is 19.8 Å². The van der Waals surface area contributed by atoms with Gasteiger partial charge in [0.25, 0.3) is 0 Å². The predicted octanol–water partition coefficient (Wildman–Crippen LogP) is 3.88. The average Bonchev–Trinajstić information content (AvgIpc) is 3.09. The first-order valence-corrected chi connectivity index (χ1v) is 10.2. The van der Waals surface area contributed by atoms with Crippen molar-refractivity contribution in [2.45, 2.75) is 40.0 Å². The minimum atomic E-state index is -0.504. The Kier molecular flexibility index (Phi) is 6.58. The maximum Gasteiger partial charge on any atom is 0.248 e. The number of anilines is 1. The zero-order valence-electron chi connectivity index (χ0n) is 18.3. The van der Waals surface area contributed by atoms with Crippen LogP contribution < -0.4 is 10.6 Å². The number of carbonyl (C=O) groups is 2. The predicted molar refractivity (Wildman–Crippen MR) is 119 cm³/mol. The summed E-state index contributed by atoms with van der Waals surface area (Å²) in [6.45, 7) is 5.92. The summed E-state index contributed by atoms with van der Waals surface area (Å²) in [5.41, 5.74) is 3.14. The number of benzene rings is 1. The summed E-state index contributed by atoms with van der Waals surface area (Å²) in [7, 11) is 1.43. The Labute approximate surface area is 181 Å². The Morgan fingerprint density at radius 1 is 1.35 bits per heavy atom. The van der Waals surface area contributed by atoms with Crippen molar-refractivity contribution in [1.82, 2.24) is 10.3 Å². The highest BCUT2D eigenvalue weighted by Crippen LogP contribution is 2.35. The van der Waals surface area contributed by atoms with Crippen LogP contribution in [0, 0.1) is 17.7 Å². The van der Waals surface area contributed by atoms with E-state index in [-0.39, 0.29) is 29.3 Å². The Balaban J connectivity index is 1.55. The van der Waals surface area contributed by atoms with Crippen LogP contribution in [-0.2, 0) is 14.3 Å². The van der Waals surface area contributed by atoms with Crippen molar-refractivity contribution in [3.63, 3.8) is 0 Å². The molecule has 1 aliphatic carbocycles. The monoisotopic (exact) mass is 424 g/mol. The Morgan fingerprint density at radius 2 is 2.13 bits per heavy atom. The van der Waals surface area contributed by atoms with E-state index >= 15 is 0 Å². The van der Waals surface area contributed by atoms with E-state index in [2.05, 4.69) is 29.5 Å². The third-order valence-electron chi connectivity index (χ3n) is 5.22. The molecular formula is C23H28N4O4. The zero-order chi connectivity index (χ0) is 22.6.